The van der Waals surface area contributed by atoms with Crippen molar-refractivity contribution >= 4 is 0 Å². The van der Waals surface area contributed by atoms with Gasteiger partial charge in [-0.25, -0.2) is 4.68 Å². The van der Waals surface area contributed by atoms with Gasteiger partial charge in [-0.1, -0.05) is 31.1 Å². The van der Waals surface area contributed by atoms with Crippen LogP contribution in [-0.2, 0) is 18.5 Å². The third-order valence-electron chi connectivity index (χ3n) is 3.20. The van der Waals surface area contributed by atoms with E-state index in [4.69, 9.17) is 10.3 Å². The van der Waals surface area contributed by atoms with Crippen molar-refractivity contribution in [2.24, 2.45) is 5.73 Å². The molecule has 0 radical (unpaired) electrons. The van der Waals surface area contributed by atoms with Crippen molar-refractivity contribution in [2.75, 3.05) is 0 Å². The molecule has 0 aliphatic heterocycles. The summed E-state index contributed by atoms with van der Waals surface area (Å²) >= 11 is 0. The lowest BCUT2D eigenvalue weighted by Crippen LogP contribution is -2.22. The average Bonchev–Trinajstić information content (AvgIpc) is 2.87. The van der Waals surface area contributed by atoms with Crippen LogP contribution in [0.1, 0.15) is 49.2 Å². The van der Waals surface area contributed by atoms with Gasteiger partial charge in [-0.2, -0.15) is 0 Å². The number of nitrogens with zero attached hydrogens (tertiary/aromatic N) is 4. The molecular weight excluding hydrogens is 242 g/mol. The molecule has 2 rings (SSSR count). The second kappa shape index (κ2) is 4.77. The summed E-state index contributed by atoms with van der Waals surface area (Å²) in [6.07, 6.45) is 0. The van der Waals surface area contributed by atoms with Gasteiger partial charge in [0, 0.05) is 17.5 Å². The fraction of sp³-hybridized carbons (Fsp3) is 0.615. The fourth-order valence-corrected chi connectivity index (χ4v) is 2.29. The first-order valence-corrected chi connectivity index (χ1v) is 6.39. The molecule has 6 nitrogen and oxygen atoms in total. The van der Waals surface area contributed by atoms with E-state index in [1.807, 2.05) is 18.5 Å². The highest BCUT2D eigenvalue weighted by molar-refractivity contribution is 5.24. The minimum Gasteiger partial charge on any atom is -0.361 e. The largest absolute Gasteiger partial charge is 0.361 e. The summed E-state index contributed by atoms with van der Waals surface area (Å²) in [5.41, 5.74) is 9.55. The maximum absolute atomic E-state index is 5.75. The Morgan fingerprint density at radius 1 is 1.26 bits per heavy atom. The van der Waals surface area contributed by atoms with E-state index in [9.17, 15) is 0 Å². The van der Waals surface area contributed by atoms with Gasteiger partial charge in [-0.3, -0.25) is 0 Å². The van der Waals surface area contributed by atoms with Gasteiger partial charge in [0.25, 0.3) is 0 Å². The summed E-state index contributed by atoms with van der Waals surface area (Å²) in [4.78, 5) is 0. The minimum absolute atomic E-state index is 0.0584. The predicted octanol–water partition coefficient (Wildman–Crippen LogP) is 1.69. The smallest absolute Gasteiger partial charge is 0.138 e. The van der Waals surface area contributed by atoms with Gasteiger partial charge in [-0.05, 0) is 13.8 Å². The van der Waals surface area contributed by atoms with E-state index in [-0.39, 0.29) is 5.41 Å². The van der Waals surface area contributed by atoms with Crippen LogP contribution in [-0.4, -0.2) is 20.2 Å². The number of aromatic nitrogens is 4. The maximum atomic E-state index is 5.75. The molecule has 0 aliphatic carbocycles. The molecule has 0 aromatic carbocycles. The molecule has 6 heteroatoms. The van der Waals surface area contributed by atoms with Gasteiger partial charge < -0.3 is 10.3 Å². The van der Waals surface area contributed by atoms with Crippen LogP contribution in [0.5, 0.6) is 0 Å². The quantitative estimate of drug-likeness (QED) is 0.911. The molecule has 0 unspecified atom stereocenters. The van der Waals surface area contributed by atoms with Crippen molar-refractivity contribution < 1.29 is 4.52 Å². The van der Waals surface area contributed by atoms with Gasteiger partial charge in [0.1, 0.15) is 5.76 Å². The molecule has 0 saturated heterocycles. The summed E-state index contributed by atoms with van der Waals surface area (Å²) in [5, 5.41) is 12.4. The summed E-state index contributed by atoms with van der Waals surface area (Å²) in [5.74, 6) is 0.821. The van der Waals surface area contributed by atoms with Crippen molar-refractivity contribution in [2.45, 2.75) is 53.1 Å². The van der Waals surface area contributed by atoms with E-state index in [1.165, 1.54) is 0 Å². The third-order valence-corrected chi connectivity index (χ3v) is 3.20. The van der Waals surface area contributed by atoms with Crippen LogP contribution in [0.25, 0.3) is 0 Å². The Kier molecular flexibility index (Phi) is 3.45. The van der Waals surface area contributed by atoms with Gasteiger partial charge >= 0.3 is 0 Å². The summed E-state index contributed by atoms with van der Waals surface area (Å²) < 4.78 is 7.09. The van der Waals surface area contributed by atoms with Gasteiger partial charge in [0.2, 0.25) is 0 Å². The molecule has 0 atom stereocenters. The summed E-state index contributed by atoms with van der Waals surface area (Å²) in [6.45, 7) is 11.3. The Balaban J connectivity index is 2.44. The number of rotatable bonds is 3. The summed E-state index contributed by atoms with van der Waals surface area (Å²) in [7, 11) is 0. The van der Waals surface area contributed by atoms with Gasteiger partial charge in [0.15, 0.2) is 0 Å². The Morgan fingerprint density at radius 3 is 2.42 bits per heavy atom. The lowest BCUT2D eigenvalue weighted by atomic mass is 9.90. The highest BCUT2D eigenvalue weighted by atomic mass is 16.5. The van der Waals surface area contributed by atoms with Crippen molar-refractivity contribution in [3.05, 3.63) is 28.4 Å². The zero-order valence-corrected chi connectivity index (χ0v) is 12.2. The molecule has 104 valence electrons. The topological polar surface area (TPSA) is 82.8 Å². The molecule has 2 heterocycles. The van der Waals surface area contributed by atoms with Gasteiger partial charge in [-0.15, -0.1) is 5.10 Å². The first-order chi connectivity index (χ1) is 8.84. The van der Waals surface area contributed by atoms with Crippen LogP contribution in [0.3, 0.4) is 0 Å². The molecule has 2 aromatic heterocycles. The molecule has 0 aliphatic rings. The number of nitrogens with two attached hydrogens (primary N) is 1. The van der Waals surface area contributed by atoms with Gasteiger partial charge in [0.05, 0.1) is 23.6 Å². The van der Waals surface area contributed by atoms with Crippen molar-refractivity contribution in [1.29, 1.82) is 0 Å². The van der Waals surface area contributed by atoms with Crippen LogP contribution in [0, 0.1) is 13.8 Å². The van der Waals surface area contributed by atoms with Crippen LogP contribution >= 0.6 is 0 Å². The second-order valence-corrected chi connectivity index (χ2v) is 5.80. The lowest BCUT2D eigenvalue weighted by molar-refractivity contribution is 0.391. The molecule has 2 N–H and O–H groups in total. The Bertz CT molecular complexity index is 557. The third kappa shape index (κ3) is 2.53. The molecule has 0 bridgehead atoms. The Morgan fingerprint density at radius 2 is 1.95 bits per heavy atom. The van der Waals surface area contributed by atoms with E-state index in [2.05, 4.69) is 36.2 Å². The van der Waals surface area contributed by atoms with E-state index < -0.39 is 0 Å². The van der Waals surface area contributed by atoms with Crippen LogP contribution < -0.4 is 5.73 Å². The summed E-state index contributed by atoms with van der Waals surface area (Å²) in [6, 6.07) is 0. The second-order valence-electron chi connectivity index (χ2n) is 5.80. The lowest BCUT2D eigenvalue weighted by Gasteiger charge is -2.21. The standard InChI is InChI=1S/C13H21N5O/c1-8-10(9(2)19-16-8)7-18-12(13(3,4)5)11(6-14)15-17-18/h6-7,14H2,1-5H3. The van der Waals surface area contributed by atoms with E-state index in [0.29, 0.717) is 13.1 Å². The Hall–Kier alpha value is -1.69. The molecule has 2 aromatic rings. The zero-order valence-electron chi connectivity index (χ0n) is 12.2. The first-order valence-electron chi connectivity index (χ1n) is 6.39. The number of aryl methyl sites for hydroxylation is 2. The molecule has 0 fully saturated rings. The van der Waals surface area contributed by atoms with Crippen molar-refractivity contribution in [3.8, 4) is 0 Å². The SMILES string of the molecule is Cc1noc(C)c1Cn1nnc(CN)c1C(C)(C)C. The molecular formula is C13H21N5O. The maximum Gasteiger partial charge on any atom is 0.138 e. The highest BCUT2D eigenvalue weighted by Crippen LogP contribution is 2.26. The molecule has 0 amide bonds. The van der Waals surface area contributed by atoms with Crippen molar-refractivity contribution in [3.63, 3.8) is 0 Å². The monoisotopic (exact) mass is 263 g/mol. The first kappa shape index (κ1) is 13.7. The van der Waals surface area contributed by atoms with Crippen LogP contribution in [0.4, 0.5) is 0 Å². The zero-order chi connectivity index (χ0) is 14.2. The fourth-order valence-electron chi connectivity index (χ4n) is 2.29. The normalized spacial score (nSPS) is 12.1. The van der Waals surface area contributed by atoms with E-state index >= 15 is 0 Å². The Labute approximate surface area is 113 Å². The van der Waals surface area contributed by atoms with E-state index in [1.54, 1.807) is 0 Å². The minimum atomic E-state index is -0.0584. The van der Waals surface area contributed by atoms with Crippen LogP contribution in [0.2, 0.25) is 0 Å². The highest BCUT2D eigenvalue weighted by Gasteiger charge is 2.25. The number of hydrogen-bond acceptors (Lipinski definition) is 5. The molecule has 0 spiro atoms. The molecule has 0 saturated carbocycles. The number of hydrogen-bond donors (Lipinski definition) is 1. The van der Waals surface area contributed by atoms with E-state index in [0.717, 1.165) is 28.4 Å². The predicted molar refractivity (Wildman–Crippen MR) is 71.7 cm³/mol. The average molecular weight is 263 g/mol. The van der Waals surface area contributed by atoms with Crippen LogP contribution in [0.15, 0.2) is 4.52 Å². The molecule has 19 heavy (non-hydrogen) atoms. The van der Waals surface area contributed by atoms with Crippen molar-refractivity contribution in [1.82, 2.24) is 20.2 Å².